The number of ether oxygens (including phenoxy) is 1. The molecule has 6 heteroatoms. The van der Waals surface area contributed by atoms with Crippen LogP contribution >= 0.6 is 0 Å². The van der Waals surface area contributed by atoms with Crippen LogP contribution in [-0.2, 0) is 9.53 Å². The van der Waals surface area contributed by atoms with E-state index in [4.69, 9.17) is 4.74 Å². The predicted molar refractivity (Wildman–Crippen MR) is 101 cm³/mol. The van der Waals surface area contributed by atoms with Crippen molar-refractivity contribution in [1.29, 1.82) is 0 Å². The summed E-state index contributed by atoms with van der Waals surface area (Å²) in [6.45, 7) is 2.29. The number of nitrogens with zero attached hydrogens (tertiary/aromatic N) is 2. The first-order valence-corrected chi connectivity index (χ1v) is 8.63. The molecular formula is C20H25N3O3. The molecule has 2 amide bonds. The van der Waals surface area contributed by atoms with E-state index in [1.165, 1.54) is 0 Å². The maximum atomic E-state index is 12.9. The van der Waals surface area contributed by atoms with Gasteiger partial charge in [0.05, 0.1) is 18.3 Å². The highest BCUT2D eigenvalue weighted by molar-refractivity contribution is 5.97. The molecule has 0 radical (unpaired) electrons. The standard InChI is InChI=1S/C20H25N3O3/c1-4-8-19(24)22-16-10-7-9-15(13-16)20(25)23(2)18(14-26-3)17-11-5-6-12-21-17/h5-7,9-13,18H,4,8,14H2,1-3H3,(H,22,24)/t18-/m0/s1. The minimum atomic E-state index is -0.299. The Labute approximate surface area is 154 Å². The number of methoxy groups -OCH3 is 1. The summed E-state index contributed by atoms with van der Waals surface area (Å²) in [5.41, 5.74) is 1.88. The molecule has 0 saturated heterocycles. The maximum absolute atomic E-state index is 12.9. The van der Waals surface area contributed by atoms with Gasteiger partial charge in [-0.1, -0.05) is 19.1 Å². The molecule has 1 aromatic carbocycles. The van der Waals surface area contributed by atoms with Gasteiger partial charge >= 0.3 is 0 Å². The van der Waals surface area contributed by atoms with Gasteiger partial charge in [-0.2, -0.15) is 0 Å². The van der Waals surface area contributed by atoms with Crippen LogP contribution in [0.4, 0.5) is 5.69 Å². The predicted octanol–water partition coefficient (Wildman–Crippen LogP) is 3.28. The summed E-state index contributed by atoms with van der Waals surface area (Å²) in [7, 11) is 3.32. The number of hydrogen-bond donors (Lipinski definition) is 1. The molecule has 1 heterocycles. The van der Waals surface area contributed by atoms with Crippen molar-refractivity contribution in [3.8, 4) is 0 Å². The monoisotopic (exact) mass is 355 g/mol. The lowest BCUT2D eigenvalue weighted by molar-refractivity contribution is -0.116. The highest BCUT2D eigenvalue weighted by Gasteiger charge is 2.24. The van der Waals surface area contributed by atoms with E-state index in [9.17, 15) is 9.59 Å². The molecule has 0 saturated carbocycles. The van der Waals surface area contributed by atoms with Crippen LogP contribution in [-0.4, -0.2) is 42.5 Å². The van der Waals surface area contributed by atoms with Crippen LogP contribution in [0.2, 0.25) is 0 Å². The lowest BCUT2D eigenvalue weighted by Crippen LogP contribution is -2.34. The Morgan fingerprint density at radius 1 is 1.23 bits per heavy atom. The third-order valence-electron chi connectivity index (χ3n) is 4.01. The van der Waals surface area contributed by atoms with Crippen LogP contribution in [0.5, 0.6) is 0 Å². The molecule has 2 rings (SSSR count). The molecule has 1 aromatic heterocycles. The fourth-order valence-electron chi connectivity index (χ4n) is 2.65. The SMILES string of the molecule is CCCC(=O)Nc1cccc(C(=O)N(C)[C@@H](COC)c2ccccn2)c1. The van der Waals surface area contributed by atoms with E-state index < -0.39 is 0 Å². The van der Waals surface area contributed by atoms with Crippen molar-refractivity contribution in [2.24, 2.45) is 0 Å². The van der Waals surface area contributed by atoms with E-state index in [0.717, 1.165) is 12.1 Å². The third-order valence-corrected chi connectivity index (χ3v) is 4.01. The Hall–Kier alpha value is -2.73. The summed E-state index contributed by atoms with van der Waals surface area (Å²) in [6.07, 6.45) is 2.92. The fourth-order valence-corrected chi connectivity index (χ4v) is 2.65. The van der Waals surface area contributed by atoms with Gasteiger partial charge in [0.15, 0.2) is 0 Å². The smallest absolute Gasteiger partial charge is 0.254 e. The van der Waals surface area contributed by atoms with Crippen LogP contribution in [0.3, 0.4) is 0 Å². The summed E-state index contributed by atoms with van der Waals surface area (Å²) in [6, 6.07) is 12.2. The van der Waals surface area contributed by atoms with Gasteiger partial charge in [-0.3, -0.25) is 14.6 Å². The van der Waals surface area contributed by atoms with Gasteiger partial charge in [-0.25, -0.2) is 0 Å². The number of amides is 2. The van der Waals surface area contributed by atoms with Crippen molar-refractivity contribution in [2.75, 3.05) is 26.1 Å². The Morgan fingerprint density at radius 3 is 2.69 bits per heavy atom. The topological polar surface area (TPSA) is 71.5 Å². The highest BCUT2D eigenvalue weighted by atomic mass is 16.5. The molecule has 0 aliphatic carbocycles. The van der Waals surface area contributed by atoms with E-state index in [-0.39, 0.29) is 17.9 Å². The quantitative estimate of drug-likeness (QED) is 0.789. The minimum Gasteiger partial charge on any atom is -0.382 e. The van der Waals surface area contributed by atoms with Crippen LogP contribution in [0.1, 0.15) is 41.9 Å². The highest BCUT2D eigenvalue weighted by Crippen LogP contribution is 2.21. The second-order valence-electron chi connectivity index (χ2n) is 6.02. The molecule has 0 fully saturated rings. The van der Waals surface area contributed by atoms with Crippen molar-refractivity contribution in [2.45, 2.75) is 25.8 Å². The maximum Gasteiger partial charge on any atom is 0.254 e. The Morgan fingerprint density at radius 2 is 2.04 bits per heavy atom. The summed E-state index contributed by atoms with van der Waals surface area (Å²) in [4.78, 5) is 30.7. The molecule has 6 nitrogen and oxygen atoms in total. The molecular weight excluding hydrogens is 330 g/mol. The molecule has 26 heavy (non-hydrogen) atoms. The summed E-state index contributed by atoms with van der Waals surface area (Å²) >= 11 is 0. The van der Waals surface area contributed by atoms with Gasteiger partial charge in [0, 0.05) is 38.0 Å². The van der Waals surface area contributed by atoms with Gasteiger partial charge in [-0.15, -0.1) is 0 Å². The lowest BCUT2D eigenvalue weighted by atomic mass is 10.1. The van der Waals surface area contributed by atoms with Gasteiger partial charge in [0.25, 0.3) is 5.91 Å². The van der Waals surface area contributed by atoms with E-state index in [0.29, 0.717) is 24.3 Å². The molecule has 0 unspecified atom stereocenters. The first-order chi connectivity index (χ1) is 12.6. The average Bonchev–Trinajstić information content (AvgIpc) is 2.66. The van der Waals surface area contributed by atoms with Gasteiger partial charge in [0.1, 0.15) is 0 Å². The number of aromatic nitrogens is 1. The largest absolute Gasteiger partial charge is 0.382 e. The van der Waals surface area contributed by atoms with Crippen LogP contribution in [0.15, 0.2) is 48.7 Å². The van der Waals surface area contributed by atoms with Gasteiger partial charge < -0.3 is 15.0 Å². The normalized spacial score (nSPS) is 11.7. The van der Waals surface area contributed by atoms with E-state index in [1.807, 2.05) is 25.1 Å². The molecule has 0 bridgehead atoms. The summed E-state index contributed by atoms with van der Waals surface area (Å²) < 4.78 is 5.28. The zero-order valence-electron chi connectivity index (χ0n) is 15.4. The molecule has 0 aliphatic rings. The van der Waals surface area contributed by atoms with Crippen LogP contribution in [0, 0.1) is 0 Å². The average molecular weight is 355 g/mol. The number of likely N-dealkylation sites (N-methyl/N-ethyl adjacent to an activating group) is 1. The number of hydrogen-bond acceptors (Lipinski definition) is 4. The van der Waals surface area contributed by atoms with E-state index in [2.05, 4.69) is 10.3 Å². The number of benzene rings is 1. The summed E-state index contributed by atoms with van der Waals surface area (Å²) in [5.74, 6) is -0.222. The Kier molecular flexibility index (Phi) is 7.29. The van der Waals surface area contributed by atoms with Crippen molar-refractivity contribution in [3.63, 3.8) is 0 Å². The van der Waals surface area contributed by atoms with Gasteiger partial charge in [-0.05, 0) is 36.8 Å². The zero-order valence-corrected chi connectivity index (χ0v) is 15.4. The fraction of sp³-hybridized carbons (Fsp3) is 0.350. The molecule has 1 N–H and O–H groups in total. The van der Waals surface area contributed by atoms with Gasteiger partial charge in [0.2, 0.25) is 5.91 Å². The molecule has 0 spiro atoms. The Balaban J connectivity index is 2.19. The van der Waals surface area contributed by atoms with E-state index >= 15 is 0 Å². The molecule has 1 atom stereocenters. The van der Waals surface area contributed by atoms with Crippen molar-refractivity contribution < 1.29 is 14.3 Å². The number of rotatable bonds is 8. The van der Waals surface area contributed by atoms with Crippen LogP contribution < -0.4 is 5.32 Å². The van der Waals surface area contributed by atoms with E-state index in [1.54, 1.807) is 49.5 Å². The molecule has 2 aromatic rings. The number of nitrogens with one attached hydrogen (secondary N) is 1. The van der Waals surface area contributed by atoms with Crippen molar-refractivity contribution in [3.05, 3.63) is 59.9 Å². The van der Waals surface area contributed by atoms with Crippen molar-refractivity contribution >= 4 is 17.5 Å². The first kappa shape index (κ1) is 19.6. The Bertz CT molecular complexity index is 734. The third kappa shape index (κ3) is 5.13. The number of carbonyl (C=O) groups excluding carboxylic acids is 2. The molecule has 138 valence electrons. The number of pyridine rings is 1. The van der Waals surface area contributed by atoms with Crippen LogP contribution in [0.25, 0.3) is 0 Å². The second kappa shape index (κ2) is 9.68. The number of carbonyl (C=O) groups is 2. The number of anilines is 1. The minimum absolute atomic E-state index is 0.0591. The van der Waals surface area contributed by atoms with Crippen molar-refractivity contribution in [1.82, 2.24) is 9.88 Å². The first-order valence-electron chi connectivity index (χ1n) is 8.63. The summed E-state index contributed by atoms with van der Waals surface area (Å²) in [5, 5.41) is 2.82. The zero-order chi connectivity index (χ0) is 18.9. The second-order valence-corrected chi connectivity index (χ2v) is 6.02. The molecule has 0 aliphatic heterocycles. The lowest BCUT2D eigenvalue weighted by Gasteiger charge is -2.27.